The second-order valence-corrected chi connectivity index (χ2v) is 5.18. The van der Waals surface area contributed by atoms with Gasteiger partial charge in [-0.2, -0.15) is 8.42 Å². The van der Waals surface area contributed by atoms with Crippen LogP contribution >= 0.6 is 0 Å². The topological polar surface area (TPSA) is 86.6 Å². The third-order valence-electron chi connectivity index (χ3n) is 1.58. The molecule has 0 fully saturated rings. The first kappa shape index (κ1) is 12.8. The van der Waals surface area contributed by atoms with Gasteiger partial charge in [0.1, 0.15) is 0 Å². The molecule has 0 saturated heterocycles. The lowest BCUT2D eigenvalue weighted by atomic mass is 10.1. The molecule has 0 aromatic rings. The minimum Gasteiger partial charge on any atom is -0.394 e. The van der Waals surface area contributed by atoms with E-state index in [0.717, 1.165) is 0 Å². The van der Waals surface area contributed by atoms with Gasteiger partial charge in [0, 0.05) is 5.54 Å². The van der Waals surface area contributed by atoms with E-state index in [2.05, 4.69) is 5.32 Å². The number of rotatable bonds is 6. The van der Waals surface area contributed by atoms with Crippen LogP contribution in [0.2, 0.25) is 0 Å². The van der Waals surface area contributed by atoms with E-state index in [4.69, 9.17) is 9.66 Å². The minimum absolute atomic E-state index is 0.0150. The molecule has 6 heteroatoms. The van der Waals surface area contributed by atoms with Crippen molar-refractivity contribution in [2.45, 2.75) is 25.8 Å². The molecule has 13 heavy (non-hydrogen) atoms. The lowest BCUT2D eigenvalue weighted by Gasteiger charge is -2.23. The number of hydrogen-bond acceptors (Lipinski definition) is 4. The molecule has 0 aromatic heterocycles. The lowest BCUT2D eigenvalue weighted by molar-refractivity contribution is 0.189. The summed E-state index contributed by atoms with van der Waals surface area (Å²) >= 11 is 0. The average Bonchev–Trinajstić information content (AvgIpc) is 1.97. The van der Waals surface area contributed by atoms with Crippen LogP contribution < -0.4 is 5.32 Å². The van der Waals surface area contributed by atoms with Gasteiger partial charge in [-0.1, -0.05) is 0 Å². The molecule has 0 rings (SSSR count). The van der Waals surface area contributed by atoms with Crippen LogP contribution in [0.3, 0.4) is 0 Å². The molecule has 0 amide bonds. The van der Waals surface area contributed by atoms with Crippen LogP contribution in [0.1, 0.15) is 20.3 Å². The zero-order valence-electron chi connectivity index (χ0n) is 7.95. The van der Waals surface area contributed by atoms with Crippen LogP contribution in [0, 0.1) is 0 Å². The number of hydrogen-bond donors (Lipinski definition) is 3. The summed E-state index contributed by atoms with van der Waals surface area (Å²) in [6.45, 7) is 4.05. The molecule has 0 saturated carbocycles. The van der Waals surface area contributed by atoms with Crippen molar-refractivity contribution in [2.24, 2.45) is 0 Å². The van der Waals surface area contributed by atoms with Crippen molar-refractivity contribution in [3.05, 3.63) is 0 Å². The maximum absolute atomic E-state index is 10.3. The van der Waals surface area contributed by atoms with Crippen LogP contribution in [-0.2, 0) is 10.1 Å². The first-order chi connectivity index (χ1) is 5.77. The molecule has 0 aliphatic heterocycles. The van der Waals surface area contributed by atoms with Gasteiger partial charge in [-0.3, -0.25) is 4.55 Å². The maximum atomic E-state index is 10.3. The van der Waals surface area contributed by atoms with Crippen molar-refractivity contribution < 1.29 is 18.1 Å². The predicted octanol–water partition coefficient (Wildman–Crippen LogP) is -0.375. The summed E-state index contributed by atoms with van der Waals surface area (Å²) in [4.78, 5) is 0. The molecule has 0 unspecified atom stereocenters. The van der Waals surface area contributed by atoms with Gasteiger partial charge in [0.25, 0.3) is 10.1 Å². The molecule has 80 valence electrons. The van der Waals surface area contributed by atoms with E-state index in [9.17, 15) is 8.42 Å². The normalized spacial score (nSPS) is 13.2. The highest BCUT2D eigenvalue weighted by Gasteiger charge is 2.14. The minimum atomic E-state index is -3.85. The van der Waals surface area contributed by atoms with Crippen molar-refractivity contribution in [1.29, 1.82) is 0 Å². The highest BCUT2D eigenvalue weighted by molar-refractivity contribution is 7.85. The van der Waals surface area contributed by atoms with Crippen LogP contribution in [-0.4, -0.2) is 42.5 Å². The standard InChI is InChI=1S/C7H17NO4S/c1-7(2,6-9)8-4-3-5-13(10,11)12/h8-9H,3-6H2,1-2H3,(H,10,11,12). The monoisotopic (exact) mass is 211 g/mol. The average molecular weight is 211 g/mol. The van der Waals surface area contributed by atoms with E-state index in [1.807, 2.05) is 0 Å². The van der Waals surface area contributed by atoms with Gasteiger partial charge >= 0.3 is 0 Å². The molecule has 0 aliphatic rings. The molecule has 0 aliphatic carbocycles. The highest BCUT2D eigenvalue weighted by Crippen LogP contribution is 1.99. The first-order valence-electron chi connectivity index (χ1n) is 4.08. The van der Waals surface area contributed by atoms with Gasteiger partial charge in [0.05, 0.1) is 12.4 Å². The first-order valence-corrected chi connectivity index (χ1v) is 5.69. The Balaban J connectivity index is 3.58. The fraction of sp³-hybridized carbons (Fsp3) is 1.00. The van der Waals surface area contributed by atoms with Gasteiger partial charge in [0.2, 0.25) is 0 Å². The summed E-state index contributed by atoms with van der Waals surface area (Å²) in [5.74, 6) is -0.249. The third-order valence-corrected chi connectivity index (χ3v) is 2.38. The summed E-state index contributed by atoms with van der Waals surface area (Å²) < 4.78 is 29.0. The fourth-order valence-corrected chi connectivity index (χ4v) is 1.25. The Bertz CT molecular complexity index is 235. The fourth-order valence-electron chi connectivity index (χ4n) is 0.737. The molecular formula is C7H17NO4S. The van der Waals surface area contributed by atoms with Crippen LogP contribution in [0.5, 0.6) is 0 Å². The Kier molecular flexibility index (Phi) is 4.83. The molecule has 0 radical (unpaired) electrons. The Morgan fingerprint density at radius 3 is 2.31 bits per heavy atom. The van der Waals surface area contributed by atoms with Gasteiger partial charge in [-0.15, -0.1) is 0 Å². The summed E-state index contributed by atoms with van der Waals surface area (Å²) in [7, 11) is -3.85. The molecule has 0 spiro atoms. The second kappa shape index (κ2) is 4.90. The number of aliphatic hydroxyl groups is 1. The van der Waals surface area contributed by atoms with E-state index in [1.54, 1.807) is 13.8 Å². The molecule has 0 atom stereocenters. The molecule has 0 heterocycles. The Morgan fingerprint density at radius 2 is 1.92 bits per heavy atom. The number of nitrogens with one attached hydrogen (secondary N) is 1. The molecule has 0 bridgehead atoms. The molecule has 5 nitrogen and oxygen atoms in total. The Morgan fingerprint density at radius 1 is 1.38 bits per heavy atom. The maximum Gasteiger partial charge on any atom is 0.264 e. The van der Waals surface area contributed by atoms with Crippen molar-refractivity contribution in [2.75, 3.05) is 18.9 Å². The predicted molar refractivity (Wildman–Crippen MR) is 50.2 cm³/mol. The smallest absolute Gasteiger partial charge is 0.264 e. The largest absolute Gasteiger partial charge is 0.394 e. The van der Waals surface area contributed by atoms with Crippen molar-refractivity contribution >= 4 is 10.1 Å². The number of aliphatic hydroxyl groups excluding tert-OH is 1. The van der Waals surface area contributed by atoms with Crippen LogP contribution in [0.25, 0.3) is 0 Å². The Hall–Kier alpha value is -0.170. The van der Waals surface area contributed by atoms with E-state index < -0.39 is 15.7 Å². The SMILES string of the molecule is CC(C)(CO)NCCCS(=O)(=O)O. The second-order valence-electron chi connectivity index (χ2n) is 3.61. The molecule has 3 N–H and O–H groups in total. The summed E-state index contributed by atoms with van der Waals surface area (Å²) in [6.07, 6.45) is 0.336. The van der Waals surface area contributed by atoms with Crippen LogP contribution in [0.15, 0.2) is 0 Å². The van der Waals surface area contributed by atoms with Crippen LogP contribution in [0.4, 0.5) is 0 Å². The summed E-state index contributed by atoms with van der Waals surface area (Å²) in [6, 6.07) is 0. The highest BCUT2D eigenvalue weighted by atomic mass is 32.2. The van der Waals surface area contributed by atoms with Gasteiger partial charge in [-0.05, 0) is 26.8 Å². The van der Waals surface area contributed by atoms with Gasteiger partial charge in [0.15, 0.2) is 0 Å². The quantitative estimate of drug-likeness (QED) is 0.412. The van der Waals surface area contributed by atoms with E-state index in [0.29, 0.717) is 13.0 Å². The zero-order chi connectivity index (χ0) is 10.5. The third kappa shape index (κ3) is 8.17. The Labute approximate surface area is 78.9 Å². The van der Waals surface area contributed by atoms with Crippen molar-refractivity contribution in [3.8, 4) is 0 Å². The van der Waals surface area contributed by atoms with Gasteiger partial charge < -0.3 is 10.4 Å². The lowest BCUT2D eigenvalue weighted by Crippen LogP contribution is -2.43. The summed E-state index contributed by atoms with van der Waals surface area (Å²) in [5, 5.41) is 11.8. The zero-order valence-corrected chi connectivity index (χ0v) is 8.76. The van der Waals surface area contributed by atoms with E-state index >= 15 is 0 Å². The molecular weight excluding hydrogens is 194 g/mol. The van der Waals surface area contributed by atoms with E-state index in [-0.39, 0.29) is 12.4 Å². The van der Waals surface area contributed by atoms with Crippen molar-refractivity contribution in [3.63, 3.8) is 0 Å². The molecule has 0 aromatic carbocycles. The summed E-state index contributed by atoms with van der Waals surface area (Å²) in [5.41, 5.74) is -0.404. The van der Waals surface area contributed by atoms with E-state index in [1.165, 1.54) is 0 Å². The van der Waals surface area contributed by atoms with Crippen molar-refractivity contribution in [1.82, 2.24) is 5.32 Å². The van der Waals surface area contributed by atoms with Gasteiger partial charge in [-0.25, -0.2) is 0 Å².